The minimum absolute atomic E-state index is 0.737. The molecule has 0 amide bonds. The summed E-state index contributed by atoms with van der Waals surface area (Å²) in [7, 11) is 0. The van der Waals surface area contributed by atoms with Gasteiger partial charge in [-0.05, 0) is 37.6 Å². The van der Waals surface area contributed by atoms with Crippen molar-refractivity contribution in [1.82, 2.24) is 4.90 Å². The smallest absolute Gasteiger partial charge is 0.0234 e. The number of likely N-dealkylation sites (tertiary alicyclic amines) is 1. The Balaban J connectivity index is 1.53. The summed E-state index contributed by atoms with van der Waals surface area (Å²) in [6.07, 6.45) is 1.30. The summed E-state index contributed by atoms with van der Waals surface area (Å²) in [5, 5.41) is 0.737. The van der Waals surface area contributed by atoms with E-state index in [1.165, 1.54) is 35.5 Å². The fourth-order valence-corrected chi connectivity index (χ4v) is 3.87. The van der Waals surface area contributed by atoms with Crippen molar-refractivity contribution in [2.45, 2.75) is 30.0 Å². The van der Waals surface area contributed by atoms with Crippen LogP contribution in [0.4, 0.5) is 0 Å². The molecule has 3 rings (SSSR count). The molecule has 1 saturated heterocycles. The molecule has 0 aromatic heterocycles. The topological polar surface area (TPSA) is 3.24 Å². The van der Waals surface area contributed by atoms with Gasteiger partial charge in [0.05, 0.1) is 0 Å². The van der Waals surface area contributed by atoms with Crippen molar-refractivity contribution in [3.63, 3.8) is 0 Å². The van der Waals surface area contributed by atoms with Crippen LogP contribution in [0.5, 0.6) is 0 Å². The van der Waals surface area contributed by atoms with Gasteiger partial charge in [0.25, 0.3) is 0 Å². The summed E-state index contributed by atoms with van der Waals surface area (Å²) in [6.45, 7) is 5.66. The molecule has 1 unspecified atom stereocenters. The van der Waals surface area contributed by atoms with Crippen LogP contribution in [0.3, 0.4) is 0 Å². The van der Waals surface area contributed by atoms with Gasteiger partial charge < -0.3 is 0 Å². The largest absolute Gasteiger partial charge is 0.298 e. The number of nitrogens with zero attached hydrogens (tertiary/aromatic N) is 1. The van der Waals surface area contributed by atoms with E-state index in [-0.39, 0.29) is 0 Å². The van der Waals surface area contributed by atoms with Crippen LogP contribution in [0.25, 0.3) is 0 Å². The van der Waals surface area contributed by atoms with E-state index in [0.717, 1.165) is 11.8 Å². The third-order valence-corrected chi connectivity index (χ3v) is 5.06. The van der Waals surface area contributed by atoms with Crippen molar-refractivity contribution in [3.05, 3.63) is 65.7 Å². The van der Waals surface area contributed by atoms with Crippen molar-refractivity contribution in [1.29, 1.82) is 0 Å². The van der Waals surface area contributed by atoms with Gasteiger partial charge in [0.1, 0.15) is 0 Å². The summed E-state index contributed by atoms with van der Waals surface area (Å²) < 4.78 is 0. The average molecular weight is 283 g/mol. The standard InChI is InChI=1S/C18H21NS/c1-15-7-9-17(10-8-15)20-18-11-12-19(14-18)13-16-5-3-2-4-6-16/h2-10,18H,11-14H2,1H3. The van der Waals surface area contributed by atoms with Gasteiger partial charge in [0.2, 0.25) is 0 Å². The number of thioether (sulfide) groups is 1. The number of hydrogen-bond donors (Lipinski definition) is 0. The molecule has 0 radical (unpaired) electrons. The molecule has 0 spiro atoms. The SMILES string of the molecule is Cc1ccc(SC2CCN(Cc3ccccc3)C2)cc1. The van der Waals surface area contributed by atoms with Gasteiger partial charge in [-0.15, -0.1) is 11.8 Å². The molecule has 1 fully saturated rings. The molecular weight excluding hydrogens is 262 g/mol. The Kier molecular flexibility index (Phi) is 4.44. The van der Waals surface area contributed by atoms with Crippen molar-refractivity contribution in [3.8, 4) is 0 Å². The molecule has 2 heteroatoms. The van der Waals surface area contributed by atoms with Crippen LogP contribution in [0.15, 0.2) is 59.5 Å². The van der Waals surface area contributed by atoms with Crippen LogP contribution in [0.2, 0.25) is 0 Å². The Labute approximate surface area is 126 Å². The fourth-order valence-electron chi connectivity index (χ4n) is 2.69. The highest BCUT2D eigenvalue weighted by Crippen LogP contribution is 2.30. The van der Waals surface area contributed by atoms with Crippen molar-refractivity contribution < 1.29 is 0 Å². The van der Waals surface area contributed by atoms with Crippen LogP contribution in [0, 0.1) is 6.92 Å². The van der Waals surface area contributed by atoms with E-state index in [2.05, 4.69) is 66.4 Å². The highest BCUT2D eigenvalue weighted by molar-refractivity contribution is 8.00. The molecule has 1 atom stereocenters. The predicted octanol–water partition coefficient (Wildman–Crippen LogP) is 4.36. The number of rotatable bonds is 4. The normalized spacial score (nSPS) is 19.4. The van der Waals surface area contributed by atoms with Crippen molar-refractivity contribution in [2.24, 2.45) is 0 Å². The molecule has 0 saturated carbocycles. The number of hydrogen-bond acceptors (Lipinski definition) is 2. The Bertz CT molecular complexity index is 535. The van der Waals surface area contributed by atoms with Gasteiger partial charge in [-0.25, -0.2) is 0 Å². The maximum Gasteiger partial charge on any atom is 0.0234 e. The highest BCUT2D eigenvalue weighted by atomic mass is 32.2. The minimum Gasteiger partial charge on any atom is -0.298 e. The molecule has 1 aliphatic heterocycles. The van der Waals surface area contributed by atoms with Crippen LogP contribution in [-0.4, -0.2) is 23.2 Å². The van der Waals surface area contributed by atoms with Gasteiger partial charge in [0, 0.05) is 23.2 Å². The van der Waals surface area contributed by atoms with Crippen molar-refractivity contribution in [2.75, 3.05) is 13.1 Å². The molecule has 1 nitrogen and oxygen atoms in total. The molecule has 0 aliphatic carbocycles. The highest BCUT2D eigenvalue weighted by Gasteiger charge is 2.23. The van der Waals surface area contributed by atoms with Crippen LogP contribution < -0.4 is 0 Å². The lowest BCUT2D eigenvalue weighted by atomic mass is 10.2. The van der Waals surface area contributed by atoms with E-state index in [0.29, 0.717) is 0 Å². The van der Waals surface area contributed by atoms with Crippen LogP contribution in [-0.2, 0) is 6.54 Å². The Morgan fingerprint density at radius 1 is 1.05 bits per heavy atom. The molecule has 1 aliphatic rings. The maximum atomic E-state index is 2.57. The zero-order chi connectivity index (χ0) is 13.8. The first-order valence-corrected chi connectivity index (χ1v) is 8.17. The second-order valence-corrected chi connectivity index (χ2v) is 6.94. The average Bonchev–Trinajstić information content (AvgIpc) is 2.90. The zero-order valence-corrected chi connectivity index (χ0v) is 12.8. The monoisotopic (exact) mass is 283 g/mol. The predicted molar refractivity (Wildman–Crippen MR) is 87.2 cm³/mol. The van der Waals surface area contributed by atoms with Gasteiger partial charge in [-0.2, -0.15) is 0 Å². The first-order valence-electron chi connectivity index (χ1n) is 7.29. The van der Waals surface area contributed by atoms with Gasteiger partial charge in [-0.1, -0.05) is 48.0 Å². The van der Waals surface area contributed by atoms with Crippen molar-refractivity contribution >= 4 is 11.8 Å². The summed E-state index contributed by atoms with van der Waals surface area (Å²) in [5.41, 5.74) is 2.76. The number of aryl methyl sites for hydroxylation is 1. The van der Waals surface area contributed by atoms with E-state index >= 15 is 0 Å². The first-order chi connectivity index (χ1) is 9.79. The van der Waals surface area contributed by atoms with E-state index in [1.807, 2.05) is 11.8 Å². The third-order valence-electron chi connectivity index (χ3n) is 3.80. The summed E-state index contributed by atoms with van der Waals surface area (Å²) >= 11 is 2.03. The Morgan fingerprint density at radius 3 is 2.55 bits per heavy atom. The molecule has 0 bridgehead atoms. The third kappa shape index (κ3) is 3.65. The summed E-state index contributed by atoms with van der Waals surface area (Å²) in [6, 6.07) is 19.7. The molecule has 0 N–H and O–H groups in total. The maximum absolute atomic E-state index is 2.57. The Hall–Kier alpha value is -1.25. The second kappa shape index (κ2) is 6.47. The first kappa shape index (κ1) is 13.7. The second-order valence-electron chi connectivity index (χ2n) is 5.56. The molecular formula is C18H21NS. The zero-order valence-electron chi connectivity index (χ0n) is 12.0. The van der Waals surface area contributed by atoms with E-state index in [9.17, 15) is 0 Å². The molecule has 2 aromatic carbocycles. The molecule has 1 heterocycles. The molecule has 104 valence electrons. The van der Waals surface area contributed by atoms with Gasteiger partial charge in [0.15, 0.2) is 0 Å². The fraction of sp³-hybridized carbons (Fsp3) is 0.333. The van der Waals surface area contributed by atoms with E-state index in [4.69, 9.17) is 0 Å². The van der Waals surface area contributed by atoms with Gasteiger partial charge in [-0.3, -0.25) is 4.90 Å². The van der Waals surface area contributed by atoms with Gasteiger partial charge >= 0.3 is 0 Å². The number of benzene rings is 2. The lowest BCUT2D eigenvalue weighted by molar-refractivity contribution is 0.332. The molecule has 20 heavy (non-hydrogen) atoms. The lowest BCUT2D eigenvalue weighted by Crippen LogP contribution is -2.20. The quantitative estimate of drug-likeness (QED) is 0.820. The van der Waals surface area contributed by atoms with Crippen LogP contribution >= 0.6 is 11.8 Å². The lowest BCUT2D eigenvalue weighted by Gasteiger charge is -2.16. The van der Waals surface area contributed by atoms with E-state index in [1.54, 1.807) is 0 Å². The van der Waals surface area contributed by atoms with Crippen LogP contribution in [0.1, 0.15) is 17.5 Å². The summed E-state index contributed by atoms with van der Waals surface area (Å²) in [4.78, 5) is 3.98. The Morgan fingerprint density at radius 2 is 1.80 bits per heavy atom. The summed E-state index contributed by atoms with van der Waals surface area (Å²) in [5.74, 6) is 0. The minimum atomic E-state index is 0.737. The van der Waals surface area contributed by atoms with E-state index < -0.39 is 0 Å². The molecule has 2 aromatic rings.